The van der Waals surface area contributed by atoms with E-state index >= 15 is 0 Å². The van der Waals surface area contributed by atoms with Gasteiger partial charge < -0.3 is 10.2 Å². The van der Waals surface area contributed by atoms with Gasteiger partial charge in [-0.15, -0.1) is 0 Å². The lowest BCUT2D eigenvalue weighted by Crippen LogP contribution is -2.24. The Hall–Kier alpha value is -1.54. The summed E-state index contributed by atoms with van der Waals surface area (Å²) in [5, 5.41) is 6.26. The summed E-state index contributed by atoms with van der Waals surface area (Å²) in [7, 11) is 2.20. The van der Waals surface area contributed by atoms with Crippen LogP contribution in [0.5, 0.6) is 0 Å². The predicted molar refractivity (Wildman–Crippen MR) is 78.1 cm³/mol. The summed E-state index contributed by atoms with van der Waals surface area (Å²) in [6.45, 7) is 3.43. The van der Waals surface area contributed by atoms with E-state index in [1.807, 2.05) is 0 Å². The van der Waals surface area contributed by atoms with E-state index in [-0.39, 0.29) is 0 Å². The van der Waals surface area contributed by atoms with Gasteiger partial charge in [0.15, 0.2) is 0 Å². The van der Waals surface area contributed by atoms with Crippen molar-refractivity contribution in [2.45, 2.75) is 25.4 Å². The molecule has 18 heavy (non-hydrogen) atoms. The highest BCUT2D eigenvalue weighted by Crippen LogP contribution is 2.23. The van der Waals surface area contributed by atoms with Gasteiger partial charge in [0.25, 0.3) is 0 Å². The first-order valence-corrected chi connectivity index (χ1v) is 6.68. The molecule has 2 nitrogen and oxygen atoms in total. The molecule has 2 atom stereocenters. The van der Waals surface area contributed by atoms with Gasteiger partial charge in [0, 0.05) is 24.3 Å². The molecule has 2 aromatic rings. The summed E-state index contributed by atoms with van der Waals surface area (Å²) < 4.78 is 0. The van der Waals surface area contributed by atoms with Gasteiger partial charge in [-0.2, -0.15) is 0 Å². The fourth-order valence-electron chi connectivity index (χ4n) is 2.81. The van der Waals surface area contributed by atoms with Crippen molar-refractivity contribution in [3.63, 3.8) is 0 Å². The molecule has 0 aromatic heterocycles. The maximum absolute atomic E-state index is 3.65. The maximum atomic E-state index is 3.65. The normalized spacial score (nSPS) is 24.6. The van der Waals surface area contributed by atoms with Crippen molar-refractivity contribution < 1.29 is 0 Å². The molecule has 0 saturated carbocycles. The highest BCUT2D eigenvalue weighted by Gasteiger charge is 2.25. The van der Waals surface area contributed by atoms with Crippen molar-refractivity contribution >= 4 is 16.5 Å². The minimum atomic E-state index is 0.575. The zero-order valence-electron chi connectivity index (χ0n) is 11.1. The molecular weight excluding hydrogens is 220 g/mol. The molecule has 2 aromatic carbocycles. The summed E-state index contributed by atoms with van der Waals surface area (Å²) in [4.78, 5) is 2.42. The molecule has 94 valence electrons. The lowest BCUT2D eigenvalue weighted by atomic mass is 10.1. The Balaban J connectivity index is 1.79. The van der Waals surface area contributed by atoms with Gasteiger partial charge in [0.05, 0.1) is 0 Å². The third-order valence-electron chi connectivity index (χ3n) is 4.01. The second kappa shape index (κ2) is 4.62. The number of hydrogen-bond donors (Lipinski definition) is 1. The first-order valence-electron chi connectivity index (χ1n) is 6.68. The monoisotopic (exact) mass is 240 g/mol. The Kier molecular flexibility index (Phi) is 2.96. The summed E-state index contributed by atoms with van der Waals surface area (Å²) in [6, 6.07) is 16.4. The quantitative estimate of drug-likeness (QED) is 0.866. The van der Waals surface area contributed by atoms with E-state index < -0.39 is 0 Å². The second-order valence-corrected chi connectivity index (χ2v) is 5.43. The van der Waals surface area contributed by atoms with Crippen molar-refractivity contribution in [1.82, 2.24) is 4.90 Å². The van der Waals surface area contributed by atoms with Crippen LogP contribution in [0.4, 0.5) is 5.69 Å². The third-order valence-corrected chi connectivity index (χ3v) is 4.01. The zero-order chi connectivity index (χ0) is 12.5. The lowest BCUT2D eigenvalue weighted by Gasteiger charge is -2.14. The molecule has 1 saturated heterocycles. The van der Waals surface area contributed by atoms with Gasteiger partial charge in [0.2, 0.25) is 0 Å². The highest BCUT2D eigenvalue weighted by atomic mass is 15.2. The average Bonchev–Trinajstić information content (AvgIpc) is 2.68. The number of likely N-dealkylation sites (tertiary alicyclic amines) is 1. The van der Waals surface area contributed by atoms with Crippen LogP contribution in [-0.4, -0.2) is 30.6 Å². The van der Waals surface area contributed by atoms with Gasteiger partial charge in [-0.05, 0) is 43.3 Å². The van der Waals surface area contributed by atoms with Crippen LogP contribution in [-0.2, 0) is 0 Å². The number of anilines is 1. The third kappa shape index (κ3) is 2.21. The second-order valence-electron chi connectivity index (χ2n) is 5.43. The lowest BCUT2D eigenvalue weighted by molar-refractivity contribution is 0.330. The smallest absolute Gasteiger partial charge is 0.0403 e. The van der Waals surface area contributed by atoms with Crippen LogP contribution in [0.25, 0.3) is 10.8 Å². The van der Waals surface area contributed by atoms with Crippen LogP contribution in [0.3, 0.4) is 0 Å². The molecule has 1 aliphatic heterocycles. The summed E-state index contributed by atoms with van der Waals surface area (Å²) in [5.41, 5.74) is 1.24. The molecule has 1 heterocycles. The maximum Gasteiger partial charge on any atom is 0.0403 e. The fourth-order valence-corrected chi connectivity index (χ4v) is 2.81. The van der Waals surface area contributed by atoms with Crippen LogP contribution in [0.15, 0.2) is 42.5 Å². The van der Waals surface area contributed by atoms with E-state index in [1.54, 1.807) is 0 Å². The van der Waals surface area contributed by atoms with Crippen molar-refractivity contribution in [1.29, 1.82) is 0 Å². The van der Waals surface area contributed by atoms with E-state index in [0.29, 0.717) is 12.1 Å². The molecule has 0 amide bonds. The summed E-state index contributed by atoms with van der Waals surface area (Å²) in [6.07, 6.45) is 1.23. The number of benzene rings is 2. The van der Waals surface area contributed by atoms with Crippen LogP contribution in [0, 0.1) is 0 Å². The van der Waals surface area contributed by atoms with Crippen molar-refractivity contribution in [2.24, 2.45) is 0 Å². The fraction of sp³-hybridized carbons (Fsp3) is 0.375. The number of nitrogens with zero attached hydrogens (tertiary/aromatic N) is 1. The minimum Gasteiger partial charge on any atom is -0.381 e. The summed E-state index contributed by atoms with van der Waals surface area (Å²) >= 11 is 0. The topological polar surface area (TPSA) is 15.3 Å². The van der Waals surface area contributed by atoms with E-state index in [2.05, 4.69) is 66.7 Å². The molecule has 0 bridgehead atoms. The SMILES string of the molecule is CC1CC(Nc2ccc3ccccc3c2)CN1C. The van der Waals surface area contributed by atoms with E-state index in [9.17, 15) is 0 Å². The predicted octanol–water partition coefficient (Wildman–Crippen LogP) is 3.34. The number of likely N-dealkylation sites (N-methyl/N-ethyl adjacent to an activating group) is 1. The molecule has 0 aliphatic carbocycles. The summed E-state index contributed by atoms with van der Waals surface area (Å²) in [5.74, 6) is 0. The molecule has 0 radical (unpaired) electrons. The first kappa shape index (κ1) is 11.5. The molecular formula is C16H20N2. The van der Waals surface area contributed by atoms with Gasteiger partial charge in [-0.3, -0.25) is 0 Å². The minimum absolute atomic E-state index is 0.575. The van der Waals surface area contributed by atoms with Crippen LogP contribution in [0.2, 0.25) is 0 Å². The zero-order valence-corrected chi connectivity index (χ0v) is 11.1. The molecule has 2 heteroatoms. The molecule has 3 rings (SSSR count). The van der Waals surface area contributed by atoms with E-state index in [4.69, 9.17) is 0 Å². The highest BCUT2D eigenvalue weighted by molar-refractivity contribution is 5.85. The van der Waals surface area contributed by atoms with Crippen molar-refractivity contribution in [3.8, 4) is 0 Å². The average molecular weight is 240 g/mol. The molecule has 2 unspecified atom stereocenters. The Bertz CT molecular complexity index is 540. The van der Waals surface area contributed by atoms with E-state index in [1.165, 1.54) is 22.9 Å². The van der Waals surface area contributed by atoms with Gasteiger partial charge in [-0.1, -0.05) is 30.3 Å². The molecule has 1 N–H and O–H groups in total. The Morgan fingerprint density at radius 3 is 2.61 bits per heavy atom. The van der Waals surface area contributed by atoms with Crippen LogP contribution >= 0.6 is 0 Å². The van der Waals surface area contributed by atoms with Crippen molar-refractivity contribution in [2.75, 3.05) is 18.9 Å². The first-order chi connectivity index (χ1) is 8.72. The van der Waals surface area contributed by atoms with Gasteiger partial charge in [0.1, 0.15) is 0 Å². The Morgan fingerprint density at radius 2 is 1.89 bits per heavy atom. The number of fused-ring (bicyclic) bond motifs is 1. The molecule has 1 fully saturated rings. The number of rotatable bonds is 2. The van der Waals surface area contributed by atoms with Crippen LogP contribution in [0.1, 0.15) is 13.3 Å². The number of hydrogen-bond acceptors (Lipinski definition) is 2. The van der Waals surface area contributed by atoms with Gasteiger partial charge >= 0.3 is 0 Å². The standard InChI is InChI=1S/C16H20N2/c1-12-9-16(11-18(12)2)17-15-8-7-13-5-3-4-6-14(13)10-15/h3-8,10,12,16-17H,9,11H2,1-2H3. The molecule has 1 aliphatic rings. The largest absolute Gasteiger partial charge is 0.381 e. The Labute approximate surface area is 109 Å². The van der Waals surface area contributed by atoms with Gasteiger partial charge in [-0.25, -0.2) is 0 Å². The van der Waals surface area contributed by atoms with Crippen LogP contribution < -0.4 is 5.32 Å². The molecule has 0 spiro atoms. The van der Waals surface area contributed by atoms with E-state index in [0.717, 1.165) is 6.54 Å². The number of nitrogens with one attached hydrogen (secondary N) is 1. The Morgan fingerprint density at radius 1 is 1.11 bits per heavy atom. The van der Waals surface area contributed by atoms with Crippen molar-refractivity contribution in [3.05, 3.63) is 42.5 Å².